The van der Waals surface area contributed by atoms with Crippen LogP contribution in [0.3, 0.4) is 0 Å². The van der Waals surface area contributed by atoms with E-state index in [0.717, 1.165) is 24.0 Å². The minimum Gasteiger partial charge on any atom is -0.371 e. The standard InChI is InChI=1S/C28H38FN3O4S/c1-20(2)14-24-17-36-28(19-32(24)37(34,35)25-10-6-21(3)7-11-25)12-5-13-31(18-28)16-27(33)30-26-15-23(29)9-8-22(26)4/h6-11,15,20,24H,5,12-14,16-19H2,1-4H3,(H,30,33)/t24-,28+/m0/s1. The first kappa shape index (κ1) is 27.7. The molecule has 2 aromatic carbocycles. The number of sulfonamides is 1. The second-order valence-electron chi connectivity index (χ2n) is 11.0. The number of nitrogens with one attached hydrogen (secondary N) is 1. The lowest BCUT2D eigenvalue weighted by molar-refractivity contribution is -0.146. The van der Waals surface area contributed by atoms with Crippen molar-refractivity contribution >= 4 is 21.6 Å². The lowest BCUT2D eigenvalue weighted by atomic mass is 9.89. The Kier molecular flexibility index (Phi) is 8.38. The second-order valence-corrected chi connectivity index (χ2v) is 12.9. The third-order valence-corrected chi connectivity index (χ3v) is 9.18. The van der Waals surface area contributed by atoms with Gasteiger partial charge in [0, 0.05) is 24.8 Å². The first-order valence-electron chi connectivity index (χ1n) is 13.0. The molecule has 9 heteroatoms. The van der Waals surface area contributed by atoms with Crippen molar-refractivity contribution in [1.82, 2.24) is 9.21 Å². The molecule has 2 fully saturated rings. The summed E-state index contributed by atoms with van der Waals surface area (Å²) in [6, 6.07) is 11.1. The number of benzene rings is 2. The minimum atomic E-state index is -3.72. The number of ether oxygens (including phenoxy) is 1. The van der Waals surface area contributed by atoms with Gasteiger partial charge in [-0.05, 0) is 75.4 Å². The van der Waals surface area contributed by atoms with Crippen LogP contribution in [0.4, 0.5) is 10.1 Å². The summed E-state index contributed by atoms with van der Waals surface area (Å²) in [6.07, 6.45) is 2.22. The van der Waals surface area contributed by atoms with Crippen molar-refractivity contribution in [2.75, 3.05) is 38.1 Å². The number of anilines is 1. The third kappa shape index (κ3) is 6.57. The Bertz CT molecular complexity index is 1220. The summed E-state index contributed by atoms with van der Waals surface area (Å²) in [6.45, 7) is 9.79. The predicted octanol–water partition coefficient (Wildman–Crippen LogP) is 4.35. The minimum absolute atomic E-state index is 0.126. The van der Waals surface area contributed by atoms with Crippen LogP contribution in [0.2, 0.25) is 0 Å². The molecule has 4 rings (SSSR count). The van der Waals surface area contributed by atoms with Crippen molar-refractivity contribution in [1.29, 1.82) is 0 Å². The summed E-state index contributed by atoms with van der Waals surface area (Å²) in [7, 11) is -3.72. The molecule has 0 radical (unpaired) electrons. The number of nitrogens with zero attached hydrogens (tertiary/aromatic N) is 2. The number of likely N-dealkylation sites (tertiary alicyclic amines) is 1. The Hall–Kier alpha value is -2.33. The van der Waals surface area contributed by atoms with Crippen molar-refractivity contribution < 1.29 is 22.3 Å². The number of piperidine rings is 1. The lowest BCUT2D eigenvalue weighted by Gasteiger charge is -2.50. The summed E-state index contributed by atoms with van der Waals surface area (Å²) >= 11 is 0. The van der Waals surface area contributed by atoms with Gasteiger partial charge in [-0.2, -0.15) is 4.31 Å². The Labute approximate surface area is 220 Å². The van der Waals surface area contributed by atoms with Gasteiger partial charge in [0.15, 0.2) is 0 Å². The van der Waals surface area contributed by atoms with Gasteiger partial charge in [-0.3, -0.25) is 9.69 Å². The maximum atomic E-state index is 13.8. The molecule has 202 valence electrons. The normalized spacial score (nSPS) is 23.5. The SMILES string of the molecule is Cc1ccc(S(=O)(=O)N2C[C@]3(CCCN(CC(=O)Nc4cc(F)ccc4C)C3)OC[C@@H]2CC(C)C)cc1. The largest absolute Gasteiger partial charge is 0.371 e. The Morgan fingerprint density at radius 1 is 1.16 bits per heavy atom. The molecule has 1 N–H and O–H groups in total. The van der Waals surface area contributed by atoms with Gasteiger partial charge < -0.3 is 10.1 Å². The van der Waals surface area contributed by atoms with Gasteiger partial charge in [0.05, 0.1) is 23.6 Å². The van der Waals surface area contributed by atoms with Crippen LogP contribution >= 0.6 is 0 Å². The number of aryl methyl sites for hydroxylation is 2. The van der Waals surface area contributed by atoms with Crippen LogP contribution in [0.25, 0.3) is 0 Å². The highest BCUT2D eigenvalue weighted by Gasteiger charge is 2.47. The Morgan fingerprint density at radius 2 is 1.89 bits per heavy atom. The molecule has 2 aliphatic heterocycles. The van der Waals surface area contributed by atoms with Gasteiger partial charge >= 0.3 is 0 Å². The molecule has 1 amide bonds. The van der Waals surface area contributed by atoms with Crippen molar-refractivity contribution in [2.24, 2.45) is 5.92 Å². The fourth-order valence-corrected chi connectivity index (χ4v) is 7.06. The van der Waals surface area contributed by atoms with Gasteiger partial charge in [0.1, 0.15) is 5.82 Å². The fourth-order valence-electron chi connectivity index (χ4n) is 5.37. The van der Waals surface area contributed by atoms with E-state index in [0.29, 0.717) is 42.6 Å². The van der Waals surface area contributed by atoms with Crippen molar-refractivity contribution in [3.05, 3.63) is 59.4 Å². The number of hydrogen-bond acceptors (Lipinski definition) is 5. The monoisotopic (exact) mass is 531 g/mol. The Balaban J connectivity index is 1.51. The van der Waals surface area contributed by atoms with Gasteiger partial charge in [0.25, 0.3) is 0 Å². The number of halogens is 1. The van der Waals surface area contributed by atoms with E-state index in [1.165, 1.54) is 12.1 Å². The molecule has 2 aromatic rings. The molecule has 7 nitrogen and oxygen atoms in total. The van der Waals surface area contributed by atoms with E-state index >= 15 is 0 Å². The van der Waals surface area contributed by atoms with Crippen molar-refractivity contribution in [3.8, 4) is 0 Å². The van der Waals surface area contributed by atoms with E-state index in [2.05, 4.69) is 19.2 Å². The number of carbonyl (C=O) groups is 1. The lowest BCUT2D eigenvalue weighted by Crippen LogP contribution is -2.64. The van der Waals surface area contributed by atoms with Crippen molar-refractivity contribution in [3.63, 3.8) is 0 Å². The number of hydrogen-bond donors (Lipinski definition) is 1. The molecular formula is C28H38FN3O4S. The highest BCUT2D eigenvalue weighted by molar-refractivity contribution is 7.89. The van der Waals surface area contributed by atoms with Crippen LogP contribution in [0.5, 0.6) is 0 Å². The van der Waals surface area contributed by atoms with Crippen molar-refractivity contribution in [2.45, 2.75) is 63.5 Å². The predicted molar refractivity (Wildman–Crippen MR) is 142 cm³/mol. The van der Waals surface area contributed by atoms with Crippen LogP contribution in [0.15, 0.2) is 47.4 Å². The summed E-state index contributed by atoms with van der Waals surface area (Å²) < 4.78 is 49.3. The summed E-state index contributed by atoms with van der Waals surface area (Å²) in [5.74, 6) is -0.321. The van der Waals surface area contributed by atoms with E-state index in [9.17, 15) is 17.6 Å². The molecule has 0 aliphatic carbocycles. The van der Waals surface area contributed by atoms with Gasteiger partial charge in [-0.25, -0.2) is 12.8 Å². The maximum Gasteiger partial charge on any atom is 0.243 e. The maximum absolute atomic E-state index is 13.8. The quantitative estimate of drug-likeness (QED) is 0.575. The molecule has 2 saturated heterocycles. The van der Waals surface area contributed by atoms with Gasteiger partial charge in [0.2, 0.25) is 15.9 Å². The first-order chi connectivity index (χ1) is 17.5. The van der Waals surface area contributed by atoms with E-state index in [1.807, 2.05) is 30.9 Å². The second kappa shape index (κ2) is 11.2. The highest BCUT2D eigenvalue weighted by atomic mass is 32.2. The number of rotatable bonds is 7. The molecular weight excluding hydrogens is 493 g/mol. The molecule has 0 unspecified atom stereocenters. The number of carbonyl (C=O) groups excluding carboxylic acids is 1. The topological polar surface area (TPSA) is 79.0 Å². The molecule has 2 heterocycles. The number of morpholine rings is 1. The summed E-state index contributed by atoms with van der Waals surface area (Å²) in [5, 5.41) is 2.81. The molecule has 37 heavy (non-hydrogen) atoms. The van der Waals surface area contributed by atoms with Crippen LogP contribution in [0.1, 0.15) is 44.2 Å². The van der Waals surface area contributed by atoms with Gasteiger partial charge in [-0.15, -0.1) is 0 Å². The summed E-state index contributed by atoms with van der Waals surface area (Å²) in [5.41, 5.74) is 1.57. The molecule has 0 bridgehead atoms. The molecule has 1 spiro atoms. The third-order valence-electron chi connectivity index (χ3n) is 7.26. The fraction of sp³-hybridized carbons (Fsp3) is 0.536. The average Bonchev–Trinajstić information content (AvgIpc) is 2.83. The van der Waals surface area contributed by atoms with Crippen LogP contribution < -0.4 is 5.32 Å². The van der Waals surface area contributed by atoms with Gasteiger partial charge in [-0.1, -0.05) is 37.6 Å². The number of amides is 1. The van der Waals surface area contributed by atoms with Crippen LogP contribution in [0, 0.1) is 25.6 Å². The molecule has 0 saturated carbocycles. The summed E-state index contributed by atoms with van der Waals surface area (Å²) in [4.78, 5) is 15.1. The Morgan fingerprint density at radius 3 is 2.59 bits per heavy atom. The van der Waals surface area contributed by atoms with E-state index in [4.69, 9.17) is 4.74 Å². The van der Waals surface area contributed by atoms with Crippen LogP contribution in [-0.2, 0) is 19.6 Å². The molecule has 2 aliphatic rings. The average molecular weight is 532 g/mol. The zero-order chi connectivity index (χ0) is 26.8. The first-order valence-corrected chi connectivity index (χ1v) is 14.4. The molecule has 2 atom stereocenters. The zero-order valence-electron chi connectivity index (χ0n) is 22.2. The highest BCUT2D eigenvalue weighted by Crippen LogP contribution is 2.35. The molecule has 0 aromatic heterocycles. The van der Waals surface area contributed by atoms with E-state index < -0.39 is 21.4 Å². The smallest absolute Gasteiger partial charge is 0.243 e. The van der Waals surface area contributed by atoms with E-state index in [1.54, 1.807) is 22.5 Å². The zero-order valence-corrected chi connectivity index (χ0v) is 23.0. The van der Waals surface area contributed by atoms with Crippen LogP contribution in [-0.4, -0.2) is 68.0 Å². The van der Waals surface area contributed by atoms with E-state index in [-0.39, 0.29) is 25.0 Å².